The smallest absolute Gasteiger partial charge is 0.300 e. The molecule has 0 fully saturated rings. The van der Waals surface area contributed by atoms with E-state index in [9.17, 15) is 0 Å². The molecule has 0 radical (unpaired) electrons. The van der Waals surface area contributed by atoms with Gasteiger partial charge in [-0.05, 0) is 84.9 Å². The van der Waals surface area contributed by atoms with Gasteiger partial charge in [0.2, 0.25) is 0 Å². The van der Waals surface area contributed by atoms with Crippen molar-refractivity contribution in [3.05, 3.63) is 273 Å². The molecule has 68 heavy (non-hydrogen) atoms. The van der Waals surface area contributed by atoms with Crippen LogP contribution in [0.25, 0.3) is 0 Å². The predicted molar refractivity (Wildman–Crippen MR) is 274 cm³/mol. The molecule has 0 N–H and O–H groups in total. The van der Waals surface area contributed by atoms with Crippen molar-refractivity contribution in [1.82, 2.24) is 0 Å². The summed E-state index contributed by atoms with van der Waals surface area (Å²) < 4.78 is 52.9. The van der Waals surface area contributed by atoms with Gasteiger partial charge in [-0.3, -0.25) is 31.7 Å². The predicted octanol–water partition coefficient (Wildman–Crippen LogP) is 15.7. The Kier molecular flexibility index (Phi) is 23.2. The van der Waals surface area contributed by atoms with Crippen molar-refractivity contribution >= 4 is 35.4 Å². The fourth-order valence-corrected chi connectivity index (χ4v) is 8.86. The van der Waals surface area contributed by atoms with E-state index in [2.05, 4.69) is 15.6 Å². The van der Waals surface area contributed by atoms with Gasteiger partial charge in [0, 0.05) is 0 Å². The van der Waals surface area contributed by atoms with Gasteiger partial charge in [-0.25, -0.2) is 12.2 Å². The molecule has 14 heteroatoms. The van der Waals surface area contributed by atoms with E-state index in [0.717, 1.165) is 28.7 Å². The average Bonchev–Trinajstić information content (AvgIpc) is 3.40. The molecule has 0 aromatic heterocycles. The third-order valence-electron chi connectivity index (χ3n) is 8.54. The van der Waals surface area contributed by atoms with Crippen LogP contribution in [0.2, 0.25) is 0 Å². The Morgan fingerprint density at radius 3 is 0.926 bits per heavy atom. The molecule has 0 aliphatic heterocycles. The van der Waals surface area contributed by atoms with Crippen LogP contribution < -0.4 is 36.2 Å². The Labute approximate surface area is 417 Å². The summed E-state index contributed by atoms with van der Waals surface area (Å²) in [5.74, 6) is 5.68. The van der Waals surface area contributed by atoms with E-state index in [4.69, 9.17) is 40.7 Å². The van der Waals surface area contributed by atoms with Gasteiger partial charge in [-0.1, -0.05) is 133 Å². The standard InChI is InChI=1S/C18H17O3P.C18H16O3P.C18H15O3P.ClH.Ir/c3*1-4-10-16(11-5-1)19-22(20-17-12-6-2-7-13-17)21-18-14-8-3-9-15-18;;/h1-16,22H;1-15,22H;1-14,22H;1H;/q;+1;;;+3/p-1. The van der Waals surface area contributed by atoms with Crippen LogP contribution in [0.3, 0.4) is 0 Å². The summed E-state index contributed by atoms with van der Waals surface area (Å²) >= 11 is 1.47. The number of hydrogen-bond donors (Lipinski definition) is 0. The number of halogens is 1. The third kappa shape index (κ3) is 19.9. The SMILES string of the molecule is C1=C[CH-]C(O[PH+](Oc2ccccc2)Oc2ccccc2)C=C1.[Cl][Ir+2].[c-]1ccccc1O[PH+](Oc1ccccc1)Oc1ccccc1.c1ccc(O[PH+](Oc2ccccc2)Oc2ccccc2)cc1. The summed E-state index contributed by atoms with van der Waals surface area (Å²) in [5, 5.41) is 0. The van der Waals surface area contributed by atoms with Gasteiger partial charge in [0.25, 0.3) is 0 Å². The number of rotatable bonds is 18. The van der Waals surface area contributed by atoms with Crippen molar-refractivity contribution < 1.29 is 58.6 Å². The van der Waals surface area contributed by atoms with Gasteiger partial charge in [0.15, 0.2) is 40.2 Å². The third-order valence-corrected chi connectivity index (χ3v) is 12.2. The quantitative estimate of drug-likeness (QED) is 0.0616. The zero-order valence-corrected chi connectivity index (χ0v) is 42.5. The monoisotopic (exact) mass is 1160 g/mol. The molecule has 1 aliphatic rings. The normalized spacial score (nSPS) is 12.0. The fraction of sp³-hybridized carbons (Fsp3) is 0.0185. The van der Waals surface area contributed by atoms with Crippen LogP contribution in [-0.2, 0) is 22.4 Å². The molecule has 0 bridgehead atoms. The minimum atomic E-state index is -2.03. The van der Waals surface area contributed by atoms with Crippen molar-refractivity contribution in [2.45, 2.75) is 6.10 Å². The molecular weight excluding hydrogens is 1110 g/mol. The Morgan fingerprint density at radius 2 is 0.647 bits per heavy atom. The second kappa shape index (κ2) is 30.9. The molecule has 1 atom stereocenters. The minimum absolute atomic E-state index is 0.133. The van der Waals surface area contributed by atoms with Crippen LogP contribution in [0.1, 0.15) is 0 Å². The van der Waals surface area contributed by atoms with E-state index in [1.807, 2.05) is 261 Å². The van der Waals surface area contributed by atoms with Crippen molar-refractivity contribution in [2.24, 2.45) is 0 Å². The van der Waals surface area contributed by atoms with Gasteiger partial charge in [-0.15, -0.1) is 18.2 Å². The molecule has 0 saturated heterocycles. The maximum Gasteiger partial charge on any atom is 0.528 e. The van der Waals surface area contributed by atoms with Crippen LogP contribution in [-0.4, -0.2) is 6.10 Å². The van der Waals surface area contributed by atoms with Crippen molar-refractivity contribution in [1.29, 1.82) is 0 Å². The van der Waals surface area contributed by atoms with Crippen LogP contribution in [0.15, 0.2) is 261 Å². The van der Waals surface area contributed by atoms with E-state index in [1.54, 1.807) is 6.07 Å². The number of hydrogen-bond acceptors (Lipinski definition) is 9. The summed E-state index contributed by atoms with van der Waals surface area (Å²) in [6.07, 6.45) is 9.67. The average molecular weight is 1160 g/mol. The first kappa shape index (κ1) is 51.1. The van der Waals surface area contributed by atoms with Crippen LogP contribution >= 0.6 is 35.4 Å². The second-order valence-corrected chi connectivity index (χ2v) is 16.9. The van der Waals surface area contributed by atoms with Gasteiger partial charge in [0.1, 0.15) is 0 Å². The molecule has 1 aliphatic carbocycles. The number of allylic oxidation sites excluding steroid dienone is 2. The molecule has 8 aromatic carbocycles. The summed E-state index contributed by atoms with van der Waals surface area (Å²) in [6, 6.07) is 77.2. The van der Waals surface area contributed by atoms with E-state index in [0.29, 0.717) is 17.2 Å². The van der Waals surface area contributed by atoms with Gasteiger partial charge >= 0.3 is 53.3 Å². The molecule has 9 rings (SSSR count). The molecule has 0 amide bonds. The molecule has 0 spiro atoms. The maximum atomic E-state index is 5.96. The number of benzene rings is 8. The zero-order valence-electron chi connectivity index (χ0n) is 36.4. The molecule has 1 unspecified atom stereocenters. The van der Waals surface area contributed by atoms with E-state index in [1.165, 1.54) is 17.9 Å². The Hall–Kier alpha value is -6.30. The van der Waals surface area contributed by atoms with Crippen LogP contribution in [0.5, 0.6) is 46.0 Å². The zero-order chi connectivity index (χ0) is 47.1. The summed E-state index contributed by atoms with van der Waals surface area (Å²) in [6.45, 7) is 0. The largest absolute Gasteiger partial charge is 0.528 e. The Bertz CT molecular complexity index is 2200. The molecule has 9 nitrogen and oxygen atoms in total. The summed E-state index contributed by atoms with van der Waals surface area (Å²) in [7, 11) is -1.36. The maximum absolute atomic E-state index is 5.96. The Morgan fingerprint density at radius 1 is 0.353 bits per heavy atom. The molecule has 0 heterocycles. The fourth-order valence-electron chi connectivity index (χ4n) is 5.48. The van der Waals surface area contributed by atoms with E-state index >= 15 is 0 Å². The van der Waals surface area contributed by atoms with Gasteiger partial charge in [0.05, 0.1) is 11.9 Å². The topological polar surface area (TPSA) is 83.1 Å². The molecule has 8 aromatic rings. The van der Waals surface area contributed by atoms with Crippen LogP contribution in [0, 0.1) is 12.5 Å². The first-order valence-electron chi connectivity index (χ1n) is 21.0. The first-order chi connectivity index (χ1) is 33.7. The minimum Gasteiger partial charge on any atom is -0.300 e. The summed E-state index contributed by atoms with van der Waals surface area (Å²) in [4.78, 5) is 0. The molecule has 346 valence electrons. The van der Waals surface area contributed by atoms with E-state index in [-0.39, 0.29) is 6.10 Å². The Balaban J connectivity index is 0.000000165. The van der Waals surface area contributed by atoms with Crippen molar-refractivity contribution in [3.8, 4) is 46.0 Å². The first-order valence-corrected chi connectivity index (χ1v) is 27.7. The van der Waals surface area contributed by atoms with E-state index < -0.39 is 25.8 Å². The second-order valence-electron chi connectivity index (χ2n) is 13.5. The summed E-state index contributed by atoms with van der Waals surface area (Å²) in [5.41, 5.74) is 0. The van der Waals surface area contributed by atoms with Crippen LogP contribution in [0.4, 0.5) is 0 Å². The number of para-hydroxylation sites is 8. The van der Waals surface area contributed by atoms with Gasteiger partial charge < -0.3 is 4.52 Å². The van der Waals surface area contributed by atoms with Crippen molar-refractivity contribution in [2.75, 3.05) is 0 Å². The van der Waals surface area contributed by atoms with Crippen molar-refractivity contribution in [3.63, 3.8) is 0 Å². The van der Waals surface area contributed by atoms with Gasteiger partial charge in [-0.2, -0.15) is 29.1 Å². The molecule has 0 saturated carbocycles. The molecular formula is C54H48ClIrO9P3+3.